The number of hydrogen-bond donors (Lipinski definition) is 2. The number of rotatable bonds is 10. The number of hydrogen-bond acceptors (Lipinski definition) is 5. The van der Waals surface area contributed by atoms with Gasteiger partial charge in [-0.1, -0.05) is 92.7 Å². The third-order valence-corrected chi connectivity index (χ3v) is 8.74. The van der Waals surface area contributed by atoms with Crippen molar-refractivity contribution >= 4 is 16.0 Å². The van der Waals surface area contributed by atoms with Gasteiger partial charge in [-0.25, -0.2) is 4.39 Å². The summed E-state index contributed by atoms with van der Waals surface area (Å²) in [7, 11) is -4.16. The number of carbonyl (C=O) groups excluding carboxylic acids is 1. The topological polar surface area (TPSA) is 110 Å². The molecule has 5 rings (SSSR count). The highest BCUT2D eigenvalue weighted by Gasteiger charge is 2.22. The van der Waals surface area contributed by atoms with Crippen LogP contribution in [0.2, 0.25) is 0 Å². The molecule has 0 spiro atoms. The fraction of sp³-hybridized carbons (Fsp3) is 0.243. The Kier molecular flexibility index (Phi) is 9.55. The lowest BCUT2D eigenvalue weighted by Crippen LogP contribution is -2.28. The van der Waals surface area contributed by atoms with Gasteiger partial charge < -0.3 is 9.84 Å². The molecule has 1 unspecified atom stereocenters. The summed E-state index contributed by atoms with van der Waals surface area (Å²) < 4.78 is 51.0. The first-order chi connectivity index (χ1) is 21.8. The minimum Gasteiger partial charge on any atom is -0.356 e. The molecule has 238 valence electrons. The SMILES string of the molecule is Cc1ccc(-c2cccc(-c3cc(C(Cc4ccc(C(=O)NCCS(=O)(=O)O)cc4)c4ccc(C(C)(C)C)cc4)no3)c2)cc1F. The van der Waals surface area contributed by atoms with E-state index in [-0.39, 0.29) is 23.7 Å². The molecule has 4 aromatic carbocycles. The van der Waals surface area contributed by atoms with Crippen molar-refractivity contribution in [2.24, 2.45) is 0 Å². The summed E-state index contributed by atoms with van der Waals surface area (Å²) in [4.78, 5) is 12.5. The lowest BCUT2D eigenvalue weighted by molar-refractivity contribution is 0.0956. The van der Waals surface area contributed by atoms with Crippen LogP contribution in [0, 0.1) is 12.7 Å². The van der Waals surface area contributed by atoms with Gasteiger partial charge in [-0.05, 0) is 76.4 Å². The summed E-state index contributed by atoms with van der Waals surface area (Å²) in [6, 6.07) is 30.5. The molecule has 0 radical (unpaired) electrons. The van der Waals surface area contributed by atoms with Crippen LogP contribution < -0.4 is 5.32 Å². The predicted molar refractivity (Wildman–Crippen MR) is 178 cm³/mol. The minimum absolute atomic E-state index is 0.00175. The number of nitrogens with one attached hydrogen (secondary N) is 1. The Labute approximate surface area is 269 Å². The molecule has 5 aromatic rings. The van der Waals surface area contributed by atoms with Gasteiger partial charge in [0.25, 0.3) is 16.0 Å². The zero-order valence-electron chi connectivity index (χ0n) is 26.2. The van der Waals surface area contributed by atoms with E-state index in [9.17, 15) is 17.6 Å². The van der Waals surface area contributed by atoms with Gasteiger partial charge in [0.15, 0.2) is 5.76 Å². The highest BCUT2D eigenvalue weighted by Crippen LogP contribution is 2.34. The van der Waals surface area contributed by atoms with Crippen LogP contribution in [0.1, 0.15) is 65.0 Å². The highest BCUT2D eigenvalue weighted by molar-refractivity contribution is 7.85. The number of benzene rings is 4. The summed E-state index contributed by atoms with van der Waals surface area (Å²) >= 11 is 0. The third kappa shape index (κ3) is 8.16. The van der Waals surface area contributed by atoms with Crippen molar-refractivity contribution in [3.63, 3.8) is 0 Å². The maximum atomic E-state index is 14.3. The second-order valence-electron chi connectivity index (χ2n) is 12.5. The third-order valence-electron chi connectivity index (χ3n) is 8.02. The normalized spacial score (nSPS) is 12.6. The molecule has 2 N–H and O–H groups in total. The van der Waals surface area contributed by atoms with E-state index in [1.165, 1.54) is 11.6 Å². The van der Waals surface area contributed by atoms with Crippen LogP contribution >= 0.6 is 0 Å². The van der Waals surface area contributed by atoms with Gasteiger partial charge in [0.1, 0.15) is 5.82 Å². The maximum Gasteiger partial charge on any atom is 0.266 e. The van der Waals surface area contributed by atoms with Crippen LogP contribution in [0.5, 0.6) is 0 Å². The van der Waals surface area contributed by atoms with Gasteiger partial charge in [-0.2, -0.15) is 8.42 Å². The molecule has 1 aromatic heterocycles. The Bertz CT molecular complexity index is 1940. The summed E-state index contributed by atoms with van der Waals surface area (Å²) in [5.41, 5.74) is 7.42. The molecule has 0 aliphatic carbocycles. The fourth-order valence-corrected chi connectivity index (χ4v) is 5.61. The predicted octanol–water partition coefficient (Wildman–Crippen LogP) is 7.75. The van der Waals surface area contributed by atoms with Gasteiger partial charge >= 0.3 is 0 Å². The van der Waals surface area contributed by atoms with Crippen molar-refractivity contribution in [2.45, 2.75) is 45.4 Å². The Balaban J connectivity index is 1.42. The minimum atomic E-state index is -4.16. The smallest absolute Gasteiger partial charge is 0.266 e. The van der Waals surface area contributed by atoms with E-state index in [0.717, 1.165) is 33.5 Å². The summed E-state index contributed by atoms with van der Waals surface area (Å²) in [5, 5.41) is 7.00. The Morgan fingerprint density at radius 2 is 1.59 bits per heavy atom. The van der Waals surface area contributed by atoms with Gasteiger partial charge in [0.05, 0.1) is 11.4 Å². The summed E-state index contributed by atoms with van der Waals surface area (Å²) in [5.74, 6) is -0.800. The molecule has 9 heteroatoms. The van der Waals surface area contributed by atoms with Crippen molar-refractivity contribution in [1.29, 1.82) is 0 Å². The average Bonchev–Trinajstić information content (AvgIpc) is 3.51. The Morgan fingerprint density at radius 3 is 2.24 bits per heavy atom. The lowest BCUT2D eigenvalue weighted by Gasteiger charge is -2.21. The molecule has 7 nitrogen and oxygen atoms in total. The second kappa shape index (κ2) is 13.4. The molecule has 1 heterocycles. The standard InChI is InChI=1S/C37H37FN2O5S/c1-24-8-11-29(22-33(24)38)28-6-5-7-30(21-28)35-23-34(40-45-35)32(26-14-16-31(17-15-26)37(2,3)4)20-25-9-12-27(13-10-25)36(41)39-18-19-46(42,43)44/h5-17,21-23,32H,18-20H2,1-4H3,(H,39,41)(H,42,43,44). The molecule has 0 aliphatic heterocycles. The van der Waals surface area contributed by atoms with E-state index in [2.05, 4.69) is 55.5 Å². The zero-order chi connectivity index (χ0) is 33.1. The van der Waals surface area contributed by atoms with Crippen LogP contribution in [0.4, 0.5) is 4.39 Å². The summed E-state index contributed by atoms with van der Waals surface area (Å²) in [6.45, 7) is 8.06. The van der Waals surface area contributed by atoms with E-state index in [4.69, 9.17) is 9.08 Å². The molecule has 0 aliphatic rings. The van der Waals surface area contributed by atoms with Crippen molar-refractivity contribution in [1.82, 2.24) is 10.5 Å². The average molecular weight is 641 g/mol. The van der Waals surface area contributed by atoms with Crippen LogP contribution in [0.15, 0.2) is 102 Å². The largest absolute Gasteiger partial charge is 0.356 e. The quantitative estimate of drug-likeness (QED) is 0.151. The van der Waals surface area contributed by atoms with Crippen molar-refractivity contribution < 1.29 is 26.7 Å². The van der Waals surface area contributed by atoms with E-state index in [1.807, 2.05) is 48.5 Å². The Hall–Kier alpha value is -4.60. The van der Waals surface area contributed by atoms with Crippen molar-refractivity contribution in [2.75, 3.05) is 12.3 Å². The first-order valence-electron chi connectivity index (χ1n) is 15.0. The molecule has 0 fully saturated rings. The van der Waals surface area contributed by atoms with Crippen LogP contribution in [0.3, 0.4) is 0 Å². The Morgan fingerprint density at radius 1 is 0.913 bits per heavy atom. The number of nitrogens with zero attached hydrogens (tertiary/aromatic N) is 1. The number of halogens is 1. The molecular formula is C37H37FN2O5S. The molecule has 1 amide bonds. The highest BCUT2D eigenvalue weighted by atomic mass is 32.2. The first-order valence-corrected chi connectivity index (χ1v) is 16.6. The van der Waals surface area contributed by atoms with Crippen molar-refractivity contribution in [3.05, 3.63) is 136 Å². The van der Waals surface area contributed by atoms with Gasteiger partial charge in [-0.3, -0.25) is 9.35 Å². The maximum absolute atomic E-state index is 14.3. The summed E-state index contributed by atoms with van der Waals surface area (Å²) in [6.07, 6.45) is 0.578. The number of carbonyl (C=O) groups is 1. The fourth-order valence-electron chi connectivity index (χ4n) is 5.25. The number of aromatic nitrogens is 1. The molecule has 0 saturated carbocycles. The van der Waals surface area contributed by atoms with Crippen LogP contribution in [0.25, 0.3) is 22.5 Å². The van der Waals surface area contributed by atoms with E-state index in [0.29, 0.717) is 23.3 Å². The van der Waals surface area contributed by atoms with Gasteiger partial charge in [0, 0.05) is 29.7 Å². The zero-order valence-corrected chi connectivity index (χ0v) is 27.1. The van der Waals surface area contributed by atoms with Crippen molar-refractivity contribution in [3.8, 4) is 22.5 Å². The number of aryl methyl sites for hydroxylation is 1. The molecule has 46 heavy (non-hydrogen) atoms. The van der Waals surface area contributed by atoms with E-state index < -0.39 is 21.8 Å². The first kappa shape index (κ1) is 32.8. The van der Waals surface area contributed by atoms with Gasteiger partial charge in [-0.15, -0.1) is 0 Å². The monoisotopic (exact) mass is 640 g/mol. The molecule has 0 saturated heterocycles. The second-order valence-corrected chi connectivity index (χ2v) is 14.1. The van der Waals surface area contributed by atoms with E-state index >= 15 is 0 Å². The van der Waals surface area contributed by atoms with Crippen LogP contribution in [-0.4, -0.2) is 36.3 Å². The molecule has 1 atom stereocenters. The van der Waals surface area contributed by atoms with Crippen LogP contribution in [-0.2, 0) is 22.0 Å². The lowest BCUT2D eigenvalue weighted by atomic mass is 9.83. The van der Waals surface area contributed by atoms with E-state index in [1.54, 1.807) is 25.1 Å². The molecular weight excluding hydrogens is 603 g/mol. The van der Waals surface area contributed by atoms with Gasteiger partial charge in [0.2, 0.25) is 0 Å². The molecule has 0 bridgehead atoms. The number of amides is 1.